The van der Waals surface area contributed by atoms with E-state index in [-0.39, 0.29) is 11.4 Å². The van der Waals surface area contributed by atoms with Gasteiger partial charge in [0.15, 0.2) is 0 Å². The van der Waals surface area contributed by atoms with Crippen molar-refractivity contribution < 1.29 is 9.53 Å². The van der Waals surface area contributed by atoms with Gasteiger partial charge in [-0.15, -0.1) is 0 Å². The highest BCUT2D eigenvalue weighted by molar-refractivity contribution is 7.80. The molecule has 0 aliphatic rings. The number of esters is 1. The molecule has 0 aromatic heterocycles. The summed E-state index contributed by atoms with van der Waals surface area (Å²) in [7, 11) is 0. The Hall–Kier alpha value is -0.180. The predicted octanol–water partition coefficient (Wildman–Crippen LogP) is 2.29. The van der Waals surface area contributed by atoms with Crippen LogP contribution in [0.2, 0.25) is 0 Å². The van der Waals surface area contributed by atoms with E-state index >= 15 is 0 Å². The highest BCUT2D eigenvalue weighted by Crippen LogP contribution is 2.17. The maximum Gasteiger partial charge on any atom is 0.306 e. The molecule has 0 bridgehead atoms. The van der Waals surface area contributed by atoms with Crippen LogP contribution in [0.15, 0.2) is 0 Å². The van der Waals surface area contributed by atoms with Crippen LogP contribution < -0.4 is 0 Å². The summed E-state index contributed by atoms with van der Waals surface area (Å²) in [5.41, 5.74) is 0.237. The number of thiol groups is 1. The lowest BCUT2D eigenvalue weighted by Crippen LogP contribution is -2.13. The van der Waals surface area contributed by atoms with Crippen LogP contribution in [-0.4, -0.2) is 18.3 Å². The van der Waals surface area contributed by atoms with Crippen LogP contribution in [0.5, 0.6) is 0 Å². The summed E-state index contributed by atoms with van der Waals surface area (Å²) in [5, 5.41) is 0. The van der Waals surface area contributed by atoms with Crippen molar-refractivity contribution >= 4 is 18.6 Å². The molecule has 0 rings (SSSR count). The third kappa shape index (κ3) is 7.92. The van der Waals surface area contributed by atoms with Gasteiger partial charge in [0.05, 0.1) is 13.0 Å². The molecule has 0 aliphatic heterocycles. The zero-order chi connectivity index (χ0) is 9.61. The third-order valence-electron chi connectivity index (χ3n) is 1.43. The molecular formula is C9H18O2S. The molecule has 0 spiro atoms. The average molecular weight is 190 g/mol. The van der Waals surface area contributed by atoms with E-state index in [4.69, 9.17) is 4.74 Å². The fourth-order valence-electron chi connectivity index (χ4n) is 0.635. The summed E-state index contributed by atoms with van der Waals surface area (Å²) >= 11 is 3.94. The van der Waals surface area contributed by atoms with Crippen molar-refractivity contribution in [3.8, 4) is 0 Å². The molecule has 0 saturated carbocycles. The van der Waals surface area contributed by atoms with Gasteiger partial charge in [0, 0.05) is 5.75 Å². The zero-order valence-electron chi connectivity index (χ0n) is 8.09. The van der Waals surface area contributed by atoms with Crippen LogP contribution in [0.3, 0.4) is 0 Å². The van der Waals surface area contributed by atoms with E-state index in [2.05, 4.69) is 33.4 Å². The normalized spacial score (nSPS) is 11.3. The first kappa shape index (κ1) is 11.8. The molecular weight excluding hydrogens is 172 g/mol. The smallest absolute Gasteiger partial charge is 0.306 e. The second kappa shape index (κ2) is 5.46. The van der Waals surface area contributed by atoms with Crippen LogP contribution in [-0.2, 0) is 9.53 Å². The standard InChI is InChI=1S/C9H18O2S/c1-9(2,3)5-6-11-8(10)4-7-12/h12H,4-7H2,1-3H3. The Morgan fingerprint density at radius 3 is 2.42 bits per heavy atom. The van der Waals surface area contributed by atoms with Crippen molar-refractivity contribution in [1.82, 2.24) is 0 Å². The van der Waals surface area contributed by atoms with Gasteiger partial charge < -0.3 is 4.74 Å². The largest absolute Gasteiger partial charge is 0.466 e. The molecule has 0 radical (unpaired) electrons. The Morgan fingerprint density at radius 2 is 2.00 bits per heavy atom. The zero-order valence-corrected chi connectivity index (χ0v) is 8.99. The van der Waals surface area contributed by atoms with Gasteiger partial charge in [0.2, 0.25) is 0 Å². The highest BCUT2D eigenvalue weighted by Gasteiger charge is 2.10. The van der Waals surface area contributed by atoms with E-state index in [9.17, 15) is 4.79 Å². The number of hydrogen-bond acceptors (Lipinski definition) is 3. The summed E-state index contributed by atoms with van der Waals surface area (Å²) in [6.45, 7) is 6.90. The van der Waals surface area contributed by atoms with Crippen molar-refractivity contribution in [2.75, 3.05) is 12.4 Å². The van der Waals surface area contributed by atoms with Gasteiger partial charge in [-0.3, -0.25) is 4.79 Å². The second-order valence-corrected chi connectivity index (χ2v) is 4.45. The summed E-state index contributed by atoms with van der Waals surface area (Å²) in [5.74, 6) is 0.420. The van der Waals surface area contributed by atoms with Crippen LogP contribution in [0, 0.1) is 5.41 Å². The van der Waals surface area contributed by atoms with E-state index in [1.54, 1.807) is 0 Å². The number of rotatable bonds is 4. The quantitative estimate of drug-likeness (QED) is 0.544. The Bertz CT molecular complexity index is 138. The van der Waals surface area contributed by atoms with Crippen molar-refractivity contribution in [1.29, 1.82) is 0 Å². The monoisotopic (exact) mass is 190 g/mol. The fourth-order valence-corrected chi connectivity index (χ4v) is 0.817. The van der Waals surface area contributed by atoms with Crippen LogP contribution >= 0.6 is 12.6 Å². The Kier molecular flexibility index (Phi) is 5.38. The van der Waals surface area contributed by atoms with Crippen molar-refractivity contribution in [2.45, 2.75) is 33.6 Å². The number of hydrogen-bond donors (Lipinski definition) is 1. The Balaban J connectivity index is 3.37. The fraction of sp³-hybridized carbons (Fsp3) is 0.889. The third-order valence-corrected chi connectivity index (χ3v) is 1.65. The van der Waals surface area contributed by atoms with E-state index < -0.39 is 0 Å². The first-order valence-electron chi connectivity index (χ1n) is 4.22. The summed E-state index contributed by atoms with van der Waals surface area (Å²) in [6.07, 6.45) is 1.32. The molecule has 0 aromatic rings. The molecule has 0 saturated heterocycles. The van der Waals surface area contributed by atoms with Crippen LogP contribution in [0.4, 0.5) is 0 Å². The molecule has 0 unspecified atom stereocenters. The van der Waals surface area contributed by atoms with Crippen LogP contribution in [0.25, 0.3) is 0 Å². The predicted molar refractivity (Wildman–Crippen MR) is 53.5 cm³/mol. The lowest BCUT2D eigenvalue weighted by Gasteiger charge is -2.17. The molecule has 0 atom stereocenters. The topological polar surface area (TPSA) is 26.3 Å². The molecule has 0 aliphatic carbocycles. The first-order chi connectivity index (χ1) is 5.45. The summed E-state index contributed by atoms with van der Waals surface area (Å²) < 4.78 is 4.97. The molecule has 0 fully saturated rings. The molecule has 12 heavy (non-hydrogen) atoms. The van der Waals surface area contributed by atoms with Gasteiger partial charge in [0.1, 0.15) is 0 Å². The van der Waals surface area contributed by atoms with E-state index in [0.29, 0.717) is 18.8 Å². The van der Waals surface area contributed by atoms with Gasteiger partial charge in [0.25, 0.3) is 0 Å². The van der Waals surface area contributed by atoms with Gasteiger partial charge in [-0.25, -0.2) is 0 Å². The maximum absolute atomic E-state index is 10.9. The van der Waals surface area contributed by atoms with E-state index in [1.807, 2.05) is 0 Å². The molecule has 0 heterocycles. The maximum atomic E-state index is 10.9. The molecule has 3 heteroatoms. The number of carbonyl (C=O) groups excluding carboxylic acids is 1. The Morgan fingerprint density at radius 1 is 1.42 bits per heavy atom. The van der Waals surface area contributed by atoms with Crippen molar-refractivity contribution in [2.24, 2.45) is 5.41 Å². The van der Waals surface area contributed by atoms with E-state index in [0.717, 1.165) is 6.42 Å². The minimum atomic E-state index is -0.144. The number of ether oxygens (including phenoxy) is 1. The lowest BCUT2D eigenvalue weighted by molar-refractivity contribution is -0.143. The van der Waals surface area contributed by atoms with Crippen LogP contribution in [0.1, 0.15) is 33.6 Å². The molecule has 0 amide bonds. The molecule has 72 valence electrons. The Labute approximate surface area is 80.1 Å². The first-order valence-corrected chi connectivity index (χ1v) is 4.85. The molecule has 0 N–H and O–H groups in total. The van der Waals surface area contributed by atoms with Gasteiger partial charge >= 0.3 is 5.97 Å². The minimum Gasteiger partial charge on any atom is -0.466 e. The van der Waals surface area contributed by atoms with Gasteiger partial charge in [-0.1, -0.05) is 20.8 Å². The molecule has 0 aromatic carbocycles. The minimum absolute atomic E-state index is 0.144. The van der Waals surface area contributed by atoms with Gasteiger partial charge in [-0.2, -0.15) is 12.6 Å². The van der Waals surface area contributed by atoms with Crippen molar-refractivity contribution in [3.63, 3.8) is 0 Å². The summed E-state index contributed by atoms with van der Waals surface area (Å²) in [6, 6.07) is 0. The SMILES string of the molecule is CC(C)(C)CCOC(=O)CCS. The molecule has 2 nitrogen and oxygen atoms in total. The average Bonchev–Trinajstić information content (AvgIpc) is 1.84. The highest BCUT2D eigenvalue weighted by atomic mass is 32.1. The van der Waals surface area contributed by atoms with Gasteiger partial charge in [-0.05, 0) is 11.8 Å². The lowest BCUT2D eigenvalue weighted by atomic mass is 9.93. The van der Waals surface area contributed by atoms with Crippen molar-refractivity contribution in [3.05, 3.63) is 0 Å². The number of carbonyl (C=O) groups is 1. The second-order valence-electron chi connectivity index (χ2n) is 4.00. The van der Waals surface area contributed by atoms with E-state index in [1.165, 1.54) is 0 Å². The summed E-state index contributed by atoms with van der Waals surface area (Å²) in [4.78, 5) is 10.9.